The number of carbonyl (C=O) groups excluding carboxylic acids is 1. The van der Waals surface area contributed by atoms with Gasteiger partial charge in [0.15, 0.2) is 11.5 Å². The molecule has 1 aromatic carbocycles. The molecule has 0 unspecified atom stereocenters. The molecule has 27 heavy (non-hydrogen) atoms. The molecule has 0 aliphatic carbocycles. The Kier molecular flexibility index (Phi) is 6.13. The molecule has 1 amide bonds. The van der Waals surface area contributed by atoms with E-state index in [2.05, 4.69) is 14.9 Å². The van der Waals surface area contributed by atoms with Crippen LogP contribution in [0.4, 0.5) is 5.82 Å². The molecule has 2 aromatic rings. The van der Waals surface area contributed by atoms with Crippen molar-refractivity contribution in [2.24, 2.45) is 0 Å². The molecule has 3 rings (SSSR count). The van der Waals surface area contributed by atoms with Gasteiger partial charge in [0.25, 0.3) is 0 Å². The number of benzene rings is 1. The van der Waals surface area contributed by atoms with Gasteiger partial charge in [0.2, 0.25) is 5.91 Å². The fourth-order valence-electron chi connectivity index (χ4n) is 2.92. The van der Waals surface area contributed by atoms with Gasteiger partial charge in [-0.3, -0.25) is 9.78 Å². The highest BCUT2D eigenvalue weighted by atomic mass is 35.5. The van der Waals surface area contributed by atoms with Gasteiger partial charge >= 0.3 is 0 Å². The second kappa shape index (κ2) is 8.73. The zero-order chi connectivity index (χ0) is 19.2. The largest absolute Gasteiger partial charge is 0.493 e. The Morgan fingerprint density at radius 2 is 1.93 bits per heavy atom. The first kappa shape index (κ1) is 19.0. The van der Waals surface area contributed by atoms with E-state index < -0.39 is 0 Å². The van der Waals surface area contributed by atoms with E-state index in [1.807, 2.05) is 4.90 Å². The number of hydrogen-bond donors (Lipinski definition) is 0. The maximum Gasteiger partial charge on any atom is 0.246 e. The number of piperazine rings is 1. The van der Waals surface area contributed by atoms with Crippen molar-refractivity contribution in [3.8, 4) is 11.5 Å². The minimum Gasteiger partial charge on any atom is -0.493 e. The van der Waals surface area contributed by atoms with Gasteiger partial charge in [-0.1, -0.05) is 11.6 Å². The molecule has 0 radical (unpaired) electrons. The van der Waals surface area contributed by atoms with Crippen LogP contribution in [0.3, 0.4) is 0 Å². The number of ether oxygens (including phenoxy) is 2. The van der Waals surface area contributed by atoms with E-state index >= 15 is 0 Å². The summed E-state index contributed by atoms with van der Waals surface area (Å²) in [5.41, 5.74) is 0.768. The minimum atomic E-state index is -0.0419. The predicted octanol–water partition coefficient (Wildman–Crippen LogP) is 2.51. The number of carbonyl (C=O) groups is 1. The third-order valence-electron chi connectivity index (χ3n) is 4.34. The van der Waals surface area contributed by atoms with Gasteiger partial charge in [0.05, 0.1) is 25.4 Å². The minimum absolute atomic E-state index is 0.0419. The average Bonchev–Trinajstić information content (AvgIpc) is 2.72. The first-order chi connectivity index (χ1) is 13.1. The van der Waals surface area contributed by atoms with Crippen LogP contribution < -0.4 is 14.4 Å². The monoisotopic (exact) mass is 388 g/mol. The summed E-state index contributed by atoms with van der Waals surface area (Å²) in [5.74, 6) is 1.79. The molecule has 0 N–H and O–H groups in total. The Hall–Kier alpha value is -2.80. The quantitative estimate of drug-likeness (QED) is 0.733. The van der Waals surface area contributed by atoms with Crippen molar-refractivity contribution in [2.75, 3.05) is 45.3 Å². The summed E-state index contributed by atoms with van der Waals surface area (Å²) >= 11 is 6.20. The highest BCUT2D eigenvalue weighted by molar-refractivity contribution is 6.32. The third-order valence-corrected chi connectivity index (χ3v) is 4.62. The van der Waals surface area contributed by atoms with Gasteiger partial charge in [-0.05, 0) is 23.8 Å². The normalized spacial score (nSPS) is 14.5. The van der Waals surface area contributed by atoms with Crippen LogP contribution in [0.25, 0.3) is 6.08 Å². The maximum absolute atomic E-state index is 12.5. The Morgan fingerprint density at radius 3 is 2.56 bits per heavy atom. The molecule has 0 saturated carbocycles. The Bertz CT molecular complexity index is 821. The van der Waals surface area contributed by atoms with Crippen molar-refractivity contribution in [2.45, 2.75) is 0 Å². The molecular weight excluding hydrogens is 368 g/mol. The van der Waals surface area contributed by atoms with E-state index in [-0.39, 0.29) is 5.91 Å². The van der Waals surface area contributed by atoms with Crippen molar-refractivity contribution >= 4 is 29.4 Å². The SMILES string of the molecule is COc1cc(/C=C/C(=O)N2CCN(c3cnccn3)CC2)cc(Cl)c1OC. The number of rotatable bonds is 5. The summed E-state index contributed by atoms with van der Waals surface area (Å²) in [7, 11) is 3.08. The Balaban J connectivity index is 1.62. The van der Waals surface area contributed by atoms with Gasteiger partial charge in [-0.15, -0.1) is 0 Å². The van der Waals surface area contributed by atoms with Crippen LogP contribution >= 0.6 is 11.6 Å². The van der Waals surface area contributed by atoms with Crippen LogP contribution in [0.2, 0.25) is 5.02 Å². The molecular formula is C19H21ClN4O3. The van der Waals surface area contributed by atoms with Crippen molar-refractivity contribution in [1.29, 1.82) is 0 Å². The fraction of sp³-hybridized carbons (Fsp3) is 0.316. The zero-order valence-corrected chi connectivity index (χ0v) is 16.0. The van der Waals surface area contributed by atoms with Crippen LogP contribution in [0.15, 0.2) is 36.8 Å². The van der Waals surface area contributed by atoms with Crippen LogP contribution in [-0.4, -0.2) is 61.2 Å². The lowest BCUT2D eigenvalue weighted by molar-refractivity contribution is -0.126. The predicted molar refractivity (Wildman–Crippen MR) is 104 cm³/mol. The number of nitrogens with zero attached hydrogens (tertiary/aromatic N) is 4. The molecule has 1 saturated heterocycles. The first-order valence-corrected chi connectivity index (χ1v) is 8.89. The number of anilines is 1. The highest BCUT2D eigenvalue weighted by Gasteiger charge is 2.20. The summed E-state index contributed by atoms with van der Waals surface area (Å²) in [6.45, 7) is 2.71. The summed E-state index contributed by atoms with van der Waals surface area (Å²) in [6, 6.07) is 3.51. The summed E-state index contributed by atoms with van der Waals surface area (Å²) in [4.78, 5) is 24.8. The third kappa shape index (κ3) is 4.49. The van der Waals surface area contributed by atoms with Crippen LogP contribution in [0.1, 0.15) is 5.56 Å². The number of methoxy groups -OCH3 is 2. The van der Waals surface area contributed by atoms with Crippen LogP contribution in [0, 0.1) is 0 Å². The van der Waals surface area contributed by atoms with Crippen molar-refractivity contribution in [3.05, 3.63) is 47.4 Å². The highest BCUT2D eigenvalue weighted by Crippen LogP contribution is 2.36. The lowest BCUT2D eigenvalue weighted by Crippen LogP contribution is -2.48. The number of amides is 1. The smallest absolute Gasteiger partial charge is 0.246 e. The average molecular weight is 389 g/mol. The number of halogens is 1. The van der Waals surface area contributed by atoms with Gasteiger partial charge in [0.1, 0.15) is 5.82 Å². The molecule has 2 heterocycles. The molecule has 7 nitrogen and oxygen atoms in total. The molecule has 0 bridgehead atoms. The van der Waals surface area contributed by atoms with E-state index in [1.165, 1.54) is 7.11 Å². The van der Waals surface area contributed by atoms with E-state index in [4.69, 9.17) is 21.1 Å². The molecule has 1 aromatic heterocycles. The Labute approximate surface area is 163 Å². The van der Waals surface area contributed by atoms with E-state index in [1.54, 1.807) is 50.0 Å². The van der Waals surface area contributed by atoms with Crippen molar-refractivity contribution in [3.63, 3.8) is 0 Å². The lowest BCUT2D eigenvalue weighted by Gasteiger charge is -2.34. The van der Waals surface area contributed by atoms with Gasteiger partial charge < -0.3 is 19.3 Å². The van der Waals surface area contributed by atoms with E-state index in [0.717, 1.165) is 24.5 Å². The van der Waals surface area contributed by atoms with Gasteiger partial charge in [-0.2, -0.15) is 0 Å². The Morgan fingerprint density at radius 1 is 1.15 bits per heavy atom. The number of hydrogen-bond acceptors (Lipinski definition) is 6. The molecule has 142 valence electrons. The topological polar surface area (TPSA) is 67.8 Å². The maximum atomic E-state index is 12.5. The van der Waals surface area contributed by atoms with Crippen molar-refractivity contribution in [1.82, 2.24) is 14.9 Å². The summed E-state index contributed by atoms with van der Waals surface area (Å²) < 4.78 is 10.5. The van der Waals surface area contributed by atoms with Crippen LogP contribution in [0.5, 0.6) is 11.5 Å². The molecule has 0 atom stereocenters. The molecule has 1 aliphatic heterocycles. The molecule has 8 heteroatoms. The van der Waals surface area contributed by atoms with Crippen molar-refractivity contribution < 1.29 is 14.3 Å². The second-order valence-corrected chi connectivity index (χ2v) is 6.35. The molecule has 1 fully saturated rings. The summed E-state index contributed by atoms with van der Waals surface area (Å²) in [6.07, 6.45) is 8.33. The summed E-state index contributed by atoms with van der Waals surface area (Å²) in [5, 5.41) is 0.432. The molecule has 0 spiro atoms. The second-order valence-electron chi connectivity index (χ2n) is 5.95. The standard InChI is InChI=1S/C19H21ClN4O3/c1-26-16-12-14(11-15(20)19(16)27-2)3-4-18(25)24-9-7-23(8-10-24)17-13-21-5-6-22-17/h3-6,11-13H,7-10H2,1-2H3/b4-3+. The van der Waals surface area contributed by atoms with E-state index in [9.17, 15) is 4.79 Å². The molecule has 1 aliphatic rings. The first-order valence-electron chi connectivity index (χ1n) is 8.52. The van der Waals surface area contributed by atoms with Gasteiger partial charge in [-0.25, -0.2) is 4.98 Å². The fourth-order valence-corrected chi connectivity index (χ4v) is 3.21. The van der Waals surface area contributed by atoms with Gasteiger partial charge in [0, 0.05) is 44.6 Å². The number of aromatic nitrogens is 2. The van der Waals surface area contributed by atoms with Crippen LogP contribution in [-0.2, 0) is 4.79 Å². The lowest BCUT2D eigenvalue weighted by atomic mass is 10.1. The van der Waals surface area contributed by atoms with E-state index in [0.29, 0.717) is 29.6 Å². The zero-order valence-electron chi connectivity index (χ0n) is 15.3.